The van der Waals surface area contributed by atoms with Gasteiger partial charge in [-0.3, -0.25) is 14.4 Å². The molecule has 0 bridgehead atoms. The van der Waals surface area contributed by atoms with E-state index in [-0.39, 0.29) is 41.9 Å². The van der Waals surface area contributed by atoms with Crippen LogP contribution in [-0.4, -0.2) is 66.2 Å². The Kier molecular flexibility index (Phi) is 14.2. The molecule has 0 saturated carbocycles. The van der Waals surface area contributed by atoms with Gasteiger partial charge in [0.2, 0.25) is 11.8 Å². The Labute approximate surface area is 201 Å². The molecule has 0 aromatic rings. The summed E-state index contributed by atoms with van der Waals surface area (Å²) in [4.78, 5) is 54.0. The van der Waals surface area contributed by atoms with Crippen LogP contribution in [0.3, 0.4) is 0 Å². The van der Waals surface area contributed by atoms with Gasteiger partial charge in [-0.1, -0.05) is 54.9 Å². The Bertz CT molecular complexity index is 647. The fraction of sp³-hybridized carbons (Fsp3) is 0.846. The van der Waals surface area contributed by atoms with Gasteiger partial charge < -0.3 is 14.5 Å². The maximum atomic E-state index is 13.1. The van der Waals surface area contributed by atoms with Crippen LogP contribution in [0.15, 0.2) is 0 Å². The molecule has 0 aliphatic heterocycles. The lowest BCUT2D eigenvalue weighted by molar-refractivity contribution is -0.162. The summed E-state index contributed by atoms with van der Waals surface area (Å²) in [5.74, 6) is -0.476. The minimum absolute atomic E-state index is 0.0402. The third-order valence-corrected chi connectivity index (χ3v) is 6.19. The summed E-state index contributed by atoms with van der Waals surface area (Å²) in [6, 6.07) is -0.807. The number of nitrogens with zero attached hydrogens (tertiary/aromatic N) is 2. The quantitative estimate of drug-likeness (QED) is 0.334. The summed E-state index contributed by atoms with van der Waals surface area (Å²) in [5.41, 5.74) is 0. The summed E-state index contributed by atoms with van der Waals surface area (Å²) in [6.45, 7) is 15.6. The first-order valence-electron chi connectivity index (χ1n) is 12.5. The standard InChI is InChI=1S/C26H48N2O5/c1-11-13-23(29)20(8)33-26(32)22(15-18(5)6)28(10)24(30)16-27(9)25(31)21(14-17(3)4)19(7)12-2/h17-22H,11-16H2,1-10H3. The van der Waals surface area contributed by atoms with Crippen LogP contribution in [0, 0.1) is 23.7 Å². The topological polar surface area (TPSA) is 84.0 Å². The van der Waals surface area contributed by atoms with Gasteiger partial charge in [-0.05, 0) is 43.9 Å². The molecule has 0 aliphatic rings. The zero-order chi connectivity index (χ0) is 25.9. The van der Waals surface area contributed by atoms with E-state index >= 15 is 0 Å². The van der Waals surface area contributed by atoms with Crippen LogP contribution < -0.4 is 0 Å². The smallest absolute Gasteiger partial charge is 0.329 e. The third kappa shape index (κ3) is 10.7. The number of carbonyl (C=O) groups is 4. The Hall–Kier alpha value is -1.92. The first kappa shape index (κ1) is 31.1. The van der Waals surface area contributed by atoms with E-state index in [1.165, 1.54) is 9.80 Å². The lowest BCUT2D eigenvalue weighted by Crippen LogP contribution is -2.50. The summed E-state index contributed by atoms with van der Waals surface area (Å²) in [6.07, 6.45) is 2.27. The van der Waals surface area contributed by atoms with E-state index in [0.29, 0.717) is 25.2 Å². The first-order valence-corrected chi connectivity index (χ1v) is 12.5. The second-order valence-corrected chi connectivity index (χ2v) is 10.3. The summed E-state index contributed by atoms with van der Waals surface area (Å²) >= 11 is 0. The van der Waals surface area contributed by atoms with E-state index in [0.717, 1.165) is 12.8 Å². The highest BCUT2D eigenvalue weighted by Crippen LogP contribution is 2.25. The number of esters is 1. The van der Waals surface area contributed by atoms with Gasteiger partial charge in [0.05, 0.1) is 6.54 Å². The van der Waals surface area contributed by atoms with Crippen molar-refractivity contribution in [2.45, 2.75) is 99.6 Å². The Morgan fingerprint density at radius 2 is 1.39 bits per heavy atom. The molecule has 0 radical (unpaired) electrons. The normalized spacial score (nSPS) is 15.0. The number of ether oxygens (including phenoxy) is 1. The van der Waals surface area contributed by atoms with Gasteiger partial charge in [0.25, 0.3) is 0 Å². The van der Waals surface area contributed by atoms with Crippen LogP contribution >= 0.6 is 0 Å². The maximum Gasteiger partial charge on any atom is 0.329 e. The Morgan fingerprint density at radius 3 is 1.85 bits per heavy atom. The van der Waals surface area contributed by atoms with Crippen molar-refractivity contribution in [3.8, 4) is 0 Å². The Balaban J connectivity index is 5.39. The van der Waals surface area contributed by atoms with Gasteiger partial charge in [0, 0.05) is 26.4 Å². The van der Waals surface area contributed by atoms with Gasteiger partial charge in [0.1, 0.15) is 6.04 Å². The second-order valence-electron chi connectivity index (χ2n) is 10.3. The summed E-state index contributed by atoms with van der Waals surface area (Å²) < 4.78 is 5.42. The Morgan fingerprint density at radius 1 is 0.848 bits per heavy atom. The highest BCUT2D eigenvalue weighted by molar-refractivity contribution is 5.90. The molecule has 4 unspecified atom stereocenters. The van der Waals surface area contributed by atoms with Crippen LogP contribution in [0.2, 0.25) is 0 Å². The molecule has 2 amide bonds. The minimum Gasteiger partial charge on any atom is -0.453 e. The van der Waals surface area contributed by atoms with Crippen molar-refractivity contribution in [2.24, 2.45) is 23.7 Å². The predicted molar refractivity (Wildman–Crippen MR) is 132 cm³/mol. The lowest BCUT2D eigenvalue weighted by Gasteiger charge is -2.32. The number of carbonyl (C=O) groups excluding carboxylic acids is 4. The molecule has 0 aromatic carbocycles. The van der Waals surface area contributed by atoms with Crippen molar-refractivity contribution in [3.05, 3.63) is 0 Å². The number of likely N-dealkylation sites (N-methyl/N-ethyl adjacent to an activating group) is 2. The molecule has 0 aliphatic carbocycles. The fourth-order valence-electron chi connectivity index (χ4n) is 3.85. The number of Topliss-reactive ketones (excluding diaryl/α,β-unsaturated/α-hetero) is 1. The first-order chi connectivity index (χ1) is 15.3. The van der Waals surface area contributed by atoms with Crippen molar-refractivity contribution < 1.29 is 23.9 Å². The molecular weight excluding hydrogens is 420 g/mol. The summed E-state index contributed by atoms with van der Waals surface area (Å²) in [7, 11) is 3.21. The van der Waals surface area contributed by atoms with Crippen LogP contribution in [0.1, 0.15) is 87.5 Å². The molecule has 7 heteroatoms. The van der Waals surface area contributed by atoms with E-state index in [1.807, 2.05) is 20.8 Å². The fourth-order valence-corrected chi connectivity index (χ4v) is 3.85. The largest absolute Gasteiger partial charge is 0.453 e. The minimum atomic E-state index is -0.841. The maximum absolute atomic E-state index is 13.1. The van der Waals surface area contributed by atoms with Crippen molar-refractivity contribution in [1.82, 2.24) is 9.80 Å². The highest BCUT2D eigenvalue weighted by Gasteiger charge is 2.33. The monoisotopic (exact) mass is 468 g/mol. The number of rotatable bonds is 15. The van der Waals surface area contributed by atoms with Gasteiger partial charge >= 0.3 is 5.97 Å². The van der Waals surface area contributed by atoms with Gasteiger partial charge in [-0.15, -0.1) is 0 Å². The molecule has 33 heavy (non-hydrogen) atoms. The lowest BCUT2D eigenvalue weighted by atomic mass is 9.84. The van der Waals surface area contributed by atoms with Crippen molar-refractivity contribution in [1.29, 1.82) is 0 Å². The van der Waals surface area contributed by atoms with E-state index in [4.69, 9.17) is 4.74 Å². The van der Waals surface area contributed by atoms with Crippen LogP contribution in [0.25, 0.3) is 0 Å². The van der Waals surface area contributed by atoms with Crippen molar-refractivity contribution in [3.63, 3.8) is 0 Å². The second kappa shape index (κ2) is 15.1. The van der Waals surface area contributed by atoms with E-state index in [2.05, 4.69) is 27.7 Å². The zero-order valence-electron chi connectivity index (χ0n) is 22.6. The number of ketones is 1. The summed E-state index contributed by atoms with van der Waals surface area (Å²) in [5, 5.41) is 0. The van der Waals surface area contributed by atoms with Crippen LogP contribution in [-0.2, 0) is 23.9 Å². The SMILES string of the molecule is CCCC(=O)C(C)OC(=O)C(CC(C)C)N(C)C(=O)CN(C)C(=O)C(CC(C)C)C(C)CC. The average Bonchev–Trinajstić information content (AvgIpc) is 2.73. The molecule has 0 saturated heterocycles. The molecule has 0 rings (SSSR count). The van der Waals surface area contributed by atoms with E-state index in [9.17, 15) is 19.2 Å². The highest BCUT2D eigenvalue weighted by atomic mass is 16.5. The van der Waals surface area contributed by atoms with Gasteiger partial charge in [-0.2, -0.15) is 0 Å². The number of hydrogen-bond donors (Lipinski definition) is 0. The number of amides is 2. The molecule has 192 valence electrons. The molecule has 0 N–H and O–H groups in total. The molecule has 0 heterocycles. The van der Waals surface area contributed by atoms with E-state index in [1.54, 1.807) is 21.0 Å². The zero-order valence-corrected chi connectivity index (χ0v) is 22.6. The van der Waals surface area contributed by atoms with Gasteiger partial charge in [-0.25, -0.2) is 4.79 Å². The van der Waals surface area contributed by atoms with Crippen molar-refractivity contribution >= 4 is 23.6 Å². The van der Waals surface area contributed by atoms with Crippen LogP contribution in [0.5, 0.6) is 0 Å². The molecule has 0 aromatic heterocycles. The number of hydrogen-bond acceptors (Lipinski definition) is 5. The predicted octanol–water partition coefficient (Wildman–Crippen LogP) is 4.33. The molecular formula is C26H48N2O5. The molecule has 0 fully saturated rings. The molecule has 0 spiro atoms. The third-order valence-electron chi connectivity index (χ3n) is 6.19. The van der Waals surface area contributed by atoms with Crippen LogP contribution in [0.4, 0.5) is 0 Å². The van der Waals surface area contributed by atoms with Crippen molar-refractivity contribution in [2.75, 3.05) is 20.6 Å². The van der Waals surface area contributed by atoms with Gasteiger partial charge in [0.15, 0.2) is 11.9 Å². The molecule has 4 atom stereocenters. The molecule has 7 nitrogen and oxygen atoms in total. The average molecular weight is 469 g/mol. The van der Waals surface area contributed by atoms with E-state index < -0.39 is 18.1 Å².